The number of likely N-dealkylation sites (N-methyl/N-ethyl adjacent to an activating group) is 1. The molecule has 88 valence electrons. The van der Waals surface area contributed by atoms with Crippen LogP contribution in [0.1, 0.15) is 29.8 Å². The van der Waals surface area contributed by atoms with Crippen molar-refractivity contribution in [2.75, 3.05) is 13.6 Å². The largest absolute Gasteiger partial charge is 0.324 e. The van der Waals surface area contributed by atoms with Gasteiger partial charge in [-0.2, -0.15) is 0 Å². The molecule has 0 fully saturated rings. The lowest BCUT2D eigenvalue weighted by atomic mass is 10.0. The van der Waals surface area contributed by atoms with Gasteiger partial charge in [-0.1, -0.05) is 0 Å². The molecule has 2 heterocycles. The number of pyridine rings is 1. The number of aromatic nitrogens is 1. The molecule has 16 heavy (non-hydrogen) atoms. The zero-order valence-corrected chi connectivity index (χ0v) is 10.2. The van der Waals surface area contributed by atoms with Crippen molar-refractivity contribution in [2.24, 2.45) is 12.8 Å². The van der Waals surface area contributed by atoms with Crippen LogP contribution in [0.4, 0.5) is 0 Å². The van der Waals surface area contributed by atoms with Crippen LogP contribution in [-0.4, -0.2) is 23.1 Å². The molecule has 0 aliphatic carbocycles. The lowest BCUT2D eigenvalue weighted by Gasteiger charge is -2.27. The summed E-state index contributed by atoms with van der Waals surface area (Å²) in [7, 11) is 3.94. The van der Waals surface area contributed by atoms with Crippen molar-refractivity contribution < 1.29 is 0 Å². The van der Waals surface area contributed by atoms with E-state index in [1.54, 1.807) is 4.57 Å². The van der Waals surface area contributed by atoms with Crippen LogP contribution in [0, 0.1) is 0 Å². The second kappa shape index (κ2) is 4.03. The highest BCUT2D eigenvalue weighted by atomic mass is 16.1. The van der Waals surface area contributed by atoms with E-state index in [0.717, 1.165) is 30.8 Å². The number of nitrogens with zero attached hydrogens (tertiary/aromatic N) is 2. The van der Waals surface area contributed by atoms with E-state index >= 15 is 0 Å². The Hall–Kier alpha value is -1.13. The van der Waals surface area contributed by atoms with Crippen LogP contribution in [0.5, 0.6) is 0 Å². The first-order valence-electron chi connectivity index (χ1n) is 5.66. The van der Waals surface area contributed by atoms with Gasteiger partial charge in [-0.25, -0.2) is 0 Å². The summed E-state index contributed by atoms with van der Waals surface area (Å²) in [4.78, 5) is 14.3. The maximum absolute atomic E-state index is 12.0. The van der Waals surface area contributed by atoms with Crippen LogP contribution < -0.4 is 11.3 Å². The number of hydrogen-bond donors (Lipinski definition) is 1. The van der Waals surface area contributed by atoms with E-state index in [1.165, 1.54) is 5.56 Å². The van der Waals surface area contributed by atoms with E-state index in [0.29, 0.717) is 0 Å². The summed E-state index contributed by atoms with van der Waals surface area (Å²) in [5, 5.41) is 0. The van der Waals surface area contributed by atoms with Gasteiger partial charge >= 0.3 is 0 Å². The molecule has 0 aromatic carbocycles. The van der Waals surface area contributed by atoms with Crippen LogP contribution in [0.2, 0.25) is 0 Å². The summed E-state index contributed by atoms with van der Waals surface area (Å²) < 4.78 is 1.76. The van der Waals surface area contributed by atoms with E-state index < -0.39 is 0 Å². The fourth-order valence-corrected chi connectivity index (χ4v) is 2.32. The predicted molar refractivity (Wildman–Crippen MR) is 64.3 cm³/mol. The molecule has 1 aliphatic rings. The SMILES string of the molecule is CC(N)c1cc2c(n(C)c1=O)CCN(C)C2. The zero-order valence-electron chi connectivity index (χ0n) is 10.2. The molecule has 0 amide bonds. The Morgan fingerprint density at radius 2 is 2.12 bits per heavy atom. The normalized spacial score (nSPS) is 18.2. The van der Waals surface area contributed by atoms with E-state index in [1.807, 2.05) is 20.0 Å². The number of fused-ring (bicyclic) bond motifs is 1. The average molecular weight is 221 g/mol. The molecule has 0 bridgehead atoms. The first-order chi connectivity index (χ1) is 7.50. The van der Waals surface area contributed by atoms with Gasteiger partial charge in [0.25, 0.3) is 5.56 Å². The highest BCUT2D eigenvalue weighted by molar-refractivity contribution is 5.30. The van der Waals surface area contributed by atoms with Gasteiger partial charge < -0.3 is 15.2 Å². The van der Waals surface area contributed by atoms with Gasteiger partial charge in [-0.15, -0.1) is 0 Å². The van der Waals surface area contributed by atoms with Gasteiger partial charge in [0.05, 0.1) is 0 Å². The fraction of sp³-hybridized carbons (Fsp3) is 0.583. The minimum Gasteiger partial charge on any atom is -0.324 e. The number of rotatable bonds is 1. The van der Waals surface area contributed by atoms with Crippen molar-refractivity contribution in [1.29, 1.82) is 0 Å². The van der Waals surface area contributed by atoms with Crippen LogP contribution >= 0.6 is 0 Å². The second-order valence-corrected chi connectivity index (χ2v) is 4.71. The number of hydrogen-bond acceptors (Lipinski definition) is 3. The van der Waals surface area contributed by atoms with Crippen molar-refractivity contribution >= 4 is 0 Å². The maximum Gasteiger partial charge on any atom is 0.255 e. The molecule has 2 rings (SSSR count). The molecule has 4 nitrogen and oxygen atoms in total. The molecule has 0 spiro atoms. The molecule has 4 heteroatoms. The lowest BCUT2D eigenvalue weighted by Crippen LogP contribution is -2.35. The Morgan fingerprint density at radius 1 is 1.44 bits per heavy atom. The van der Waals surface area contributed by atoms with Crippen LogP contribution in [0.3, 0.4) is 0 Å². The van der Waals surface area contributed by atoms with E-state index in [9.17, 15) is 4.79 Å². The predicted octanol–water partition coefficient (Wildman–Crippen LogP) is 0.393. The fourth-order valence-electron chi connectivity index (χ4n) is 2.32. The summed E-state index contributed by atoms with van der Waals surface area (Å²) >= 11 is 0. The van der Waals surface area contributed by atoms with Crippen molar-refractivity contribution in [1.82, 2.24) is 9.47 Å². The molecule has 1 aliphatic heterocycles. The molecular formula is C12H19N3O. The summed E-state index contributed by atoms with van der Waals surface area (Å²) in [6.45, 7) is 3.77. The minimum absolute atomic E-state index is 0.0540. The Morgan fingerprint density at radius 3 is 2.75 bits per heavy atom. The highest BCUT2D eigenvalue weighted by Crippen LogP contribution is 2.18. The quantitative estimate of drug-likeness (QED) is 0.746. The van der Waals surface area contributed by atoms with Gasteiger partial charge in [-0.05, 0) is 25.6 Å². The minimum atomic E-state index is -0.198. The maximum atomic E-state index is 12.0. The number of nitrogens with two attached hydrogens (primary N) is 1. The van der Waals surface area contributed by atoms with Gasteiger partial charge in [0, 0.05) is 43.9 Å². The molecule has 1 aromatic heterocycles. The standard InChI is InChI=1S/C12H19N3O/c1-8(13)10-6-9-7-14(2)5-4-11(9)15(3)12(10)16/h6,8H,4-5,7,13H2,1-3H3. The van der Waals surface area contributed by atoms with Crippen LogP contribution in [-0.2, 0) is 20.0 Å². The molecule has 1 aromatic rings. The van der Waals surface area contributed by atoms with Gasteiger partial charge in [-0.3, -0.25) is 4.79 Å². The molecule has 0 saturated carbocycles. The highest BCUT2D eigenvalue weighted by Gasteiger charge is 2.19. The van der Waals surface area contributed by atoms with Crippen molar-refractivity contribution in [2.45, 2.75) is 25.9 Å². The zero-order chi connectivity index (χ0) is 11.9. The molecule has 1 atom stereocenters. The third kappa shape index (κ3) is 1.79. The summed E-state index contributed by atoms with van der Waals surface area (Å²) in [6, 6.07) is 1.79. The molecule has 0 saturated heterocycles. The van der Waals surface area contributed by atoms with E-state index in [-0.39, 0.29) is 11.6 Å². The second-order valence-electron chi connectivity index (χ2n) is 4.71. The molecule has 0 radical (unpaired) electrons. The third-order valence-electron chi connectivity index (χ3n) is 3.32. The van der Waals surface area contributed by atoms with E-state index in [2.05, 4.69) is 11.9 Å². The molecule has 1 unspecified atom stereocenters. The first-order valence-corrected chi connectivity index (χ1v) is 5.66. The van der Waals surface area contributed by atoms with Crippen molar-refractivity contribution in [3.63, 3.8) is 0 Å². The van der Waals surface area contributed by atoms with Gasteiger partial charge in [0.1, 0.15) is 0 Å². The molecular weight excluding hydrogens is 202 g/mol. The smallest absolute Gasteiger partial charge is 0.255 e. The van der Waals surface area contributed by atoms with Crippen LogP contribution in [0.25, 0.3) is 0 Å². The Labute approximate surface area is 95.7 Å². The summed E-state index contributed by atoms with van der Waals surface area (Å²) in [5.74, 6) is 0. The average Bonchev–Trinajstić information content (AvgIpc) is 2.22. The Bertz CT molecular complexity index is 462. The molecule has 2 N–H and O–H groups in total. The van der Waals surface area contributed by atoms with E-state index in [4.69, 9.17) is 5.73 Å². The van der Waals surface area contributed by atoms with Gasteiger partial charge in [0.15, 0.2) is 0 Å². The topological polar surface area (TPSA) is 51.3 Å². The third-order valence-corrected chi connectivity index (χ3v) is 3.32. The monoisotopic (exact) mass is 221 g/mol. The summed E-state index contributed by atoms with van der Waals surface area (Å²) in [6.07, 6.45) is 0.941. The first kappa shape index (κ1) is 11.4. The Balaban J connectivity index is 2.59. The van der Waals surface area contributed by atoms with Crippen molar-refractivity contribution in [3.8, 4) is 0 Å². The summed E-state index contributed by atoms with van der Waals surface area (Å²) in [5.41, 5.74) is 9.00. The van der Waals surface area contributed by atoms with Crippen LogP contribution in [0.15, 0.2) is 10.9 Å². The van der Waals surface area contributed by atoms with Crippen molar-refractivity contribution in [3.05, 3.63) is 33.2 Å². The Kier molecular flexibility index (Phi) is 2.86. The van der Waals surface area contributed by atoms with Gasteiger partial charge in [0.2, 0.25) is 0 Å². The lowest BCUT2D eigenvalue weighted by molar-refractivity contribution is 0.305.